The first-order valence-electron chi connectivity index (χ1n) is 15.0. The Hall–Kier alpha value is -6.16. The predicted molar refractivity (Wildman–Crippen MR) is 176 cm³/mol. The smallest absolute Gasteiger partial charge is 0.326 e. The van der Waals surface area contributed by atoms with Crippen LogP contribution >= 0.6 is 0 Å². The van der Waals surface area contributed by atoms with Crippen LogP contribution in [0.15, 0.2) is 60.7 Å². The number of anilines is 2. The minimum atomic E-state index is -1.51. The maximum atomic E-state index is 14.1. The Kier molecular flexibility index (Phi) is 11.4. The Balaban J connectivity index is 1.38. The minimum absolute atomic E-state index is 0.0393. The van der Waals surface area contributed by atoms with Gasteiger partial charge in [-0.25, -0.2) is 9.18 Å². The van der Waals surface area contributed by atoms with E-state index in [1.165, 1.54) is 6.07 Å². The Morgan fingerprint density at radius 3 is 2.37 bits per heavy atom. The molecule has 0 fully saturated rings. The van der Waals surface area contributed by atoms with Gasteiger partial charge in [-0.05, 0) is 54.3 Å². The lowest BCUT2D eigenvalue weighted by Crippen LogP contribution is -2.50. The van der Waals surface area contributed by atoms with Crippen molar-refractivity contribution in [3.8, 4) is 11.1 Å². The van der Waals surface area contributed by atoms with Crippen LogP contribution in [-0.2, 0) is 30.4 Å². The van der Waals surface area contributed by atoms with Gasteiger partial charge in [0.1, 0.15) is 11.9 Å². The first-order valence-corrected chi connectivity index (χ1v) is 15.0. The molecular weight excluding hydrogens is 641 g/mol. The molecule has 0 spiro atoms. The Bertz CT molecular complexity index is 1930. The third-order valence-electron chi connectivity index (χ3n) is 7.44. The number of aliphatic carboxylic acids is 2. The molecule has 16 heteroatoms. The molecule has 0 saturated heterocycles. The minimum Gasteiger partial charge on any atom is -0.481 e. The molecule has 2 atom stereocenters. The number of benzene rings is 3. The number of carbonyl (C=O) groups is 6. The summed E-state index contributed by atoms with van der Waals surface area (Å²) >= 11 is 0. The molecule has 4 rings (SSSR count). The molecule has 0 bridgehead atoms. The van der Waals surface area contributed by atoms with E-state index in [1.54, 1.807) is 54.6 Å². The highest BCUT2D eigenvalue weighted by Crippen LogP contribution is 2.33. The molecule has 0 saturated carbocycles. The second kappa shape index (κ2) is 15.6. The highest BCUT2D eigenvalue weighted by Gasteiger charge is 2.26. The molecule has 256 valence electrons. The summed E-state index contributed by atoms with van der Waals surface area (Å²) in [7, 11) is 0. The summed E-state index contributed by atoms with van der Waals surface area (Å²) in [6.45, 7) is 1.27. The van der Waals surface area contributed by atoms with Crippen LogP contribution < -0.4 is 27.4 Å². The quantitative estimate of drug-likeness (QED) is 0.102. The SMILES string of the molecule is Cc1ccc(F)c(CC(=O)Nc2ccc(-c3cccc4c3c(N)nn4C(=O)CNC(=O)C[C@H](N)C(=O)N[C@@H](CCC(=O)O)C(=O)O)cc2)c1. The number of halogens is 1. The molecule has 0 radical (unpaired) electrons. The summed E-state index contributed by atoms with van der Waals surface area (Å²) in [5, 5.41) is 29.8. The number of hydrogen-bond acceptors (Lipinski definition) is 9. The van der Waals surface area contributed by atoms with Crippen molar-refractivity contribution < 1.29 is 43.4 Å². The molecule has 9 N–H and O–H groups in total. The first-order chi connectivity index (χ1) is 23.2. The number of nitrogen functional groups attached to an aromatic ring is 1. The molecule has 4 aromatic rings. The third-order valence-corrected chi connectivity index (χ3v) is 7.44. The summed E-state index contributed by atoms with van der Waals surface area (Å²) < 4.78 is 15.1. The van der Waals surface area contributed by atoms with E-state index in [1.807, 2.05) is 6.92 Å². The number of nitrogens with two attached hydrogens (primary N) is 2. The van der Waals surface area contributed by atoms with E-state index in [-0.39, 0.29) is 30.1 Å². The van der Waals surface area contributed by atoms with Crippen molar-refractivity contribution in [2.45, 2.75) is 44.7 Å². The second-order valence-electron chi connectivity index (χ2n) is 11.2. The topological polar surface area (TPSA) is 249 Å². The highest BCUT2D eigenvalue weighted by molar-refractivity contribution is 6.06. The Labute approximate surface area is 278 Å². The van der Waals surface area contributed by atoms with Crippen LogP contribution in [0.5, 0.6) is 0 Å². The van der Waals surface area contributed by atoms with Crippen molar-refractivity contribution in [3.63, 3.8) is 0 Å². The maximum absolute atomic E-state index is 14.1. The van der Waals surface area contributed by atoms with Gasteiger partial charge < -0.3 is 37.6 Å². The number of aryl methyl sites for hydroxylation is 1. The summed E-state index contributed by atoms with van der Waals surface area (Å²) in [6, 6.07) is 13.5. The van der Waals surface area contributed by atoms with Crippen molar-refractivity contribution in [2.24, 2.45) is 5.73 Å². The van der Waals surface area contributed by atoms with Crippen LogP contribution in [0, 0.1) is 12.7 Å². The van der Waals surface area contributed by atoms with Gasteiger partial charge in [0.2, 0.25) is 17.7 Å². The van der Waals surface area contributed by atoms with E-state index < -0.39 is 66.9 Å². The molecule has 1 heterocycles. The number of rotatable bonds is 14. The molecule has 3 aromatic carbocycles. The number of carboxylic acid groups (broad SMARTS) is 2. The lowest BCUT2D eigenvalue weighted by atomic mass is 10.0. The van der Waals surface area contributed by atoms with Crippen molar-refractivity contribution in [1.29, 1.82) is 0 Å². The van der Waals surface area contributed by atoms with Gasteiger partial charge in [-0.3, -0.25) is 24.0 Å². The van der Waals surface area contributed by atoms with Gasteiger partial charge in [-0.2, -0.15) is 4.68 Å². The van der Waals surface area contributed by atoms with Crippen molar-refractivity contribution >= 4 is 58.0 Å². The van der Waals surface area contributed by atoms with Gasteiger partial charge in [0, 0.05) is 12.1 Å². The van der Waals surface area contributed by atoms with Gasteiger partial charge in [0.25, 0.3) is 5.91 Å². The van der Waals surface area contributed by atoms with Crippen LogP contribution in [0.4, 0.5) is 15.9 Å². The van der Waals surface area contributed by atoms with Gasteiger partial charge in [-0.1, -0.05) is 42.0 Å². The normalized spacial score (nSPS) is 12.1. The molecule has 1 aromatic heterocycles. The van der Waals surface area contributed by atoms with E-state index in [0.717, 1.165) is 10.2 Å². The maximum Gasteiger partial charge on any atom is 0.326 e. The lowest BCUT2D eigenvalue weighted by molar-refractivity contribution is -0.143. The van der Waals surface area contributed by atoms with E-state index in [2.05, 4.69) is 21.0 Å². The number of nitrogens with zero attached hydrogens (tertiary/aromatic N) is 2. The fourth-order valence-electron chi connectivity index (χ4n) is 5.00. The molecule has 49 heavy (non-hydrogen) atoms. The van der Waals surface area contributed by atoms with Crippen molar-refractivity contribution in [3.05, 3.63) is 77.6 Å². The largest absolute Gasteiger partial charge is 0.481 e. The standard InChI is InChI=1S/C33H34FN7O8/c1-17-5-10-22(34)19(13-17)14-27(43)38-20-8-6-18(7-9-20)21-3-2-4-25-30(21)31(36)40-41(25)28(44)16-37-26(42)15-23(35)32(47)39-24(33(48)49)11-12-29(45)46/h2-10,13,23-24H,11-12,14-16,35H2,1H3,(H2,36,40)(H,37,42)(H,38,43)(H,39,47)(H,45,46)(H,48,49)/t23-,24-/m0/s1. The number of amides is 3. The molecular formula is C33H34FN7O8. The van der Waals surface area contributed by atoms with Crippen LogP contribution in [0.2, 0.25) is 0 Å². The zero-order valence-corrected chi connectivity index (χ0v) is 26.2. The van der Waals surface area contributed by atoms with Gasteiger partial charge in [0.05, 0.1) is 36.3 Å². The Morgan fingerprint density at radius 1 is 0.980 bits per heavy atom. The van der Waals surface area contributed by atoms with E-state index in [0.29, 0.717) is 27.7 Å². The number of aromatic nitrogens is 2. The average Bonchev–Trinajstić information content (AvgIpc) is 3.40. The van der Waals surface area contributed by atoms with Crippen LogP contribution in [0.25, 0.3) is 22.0 Å². The van der Waals surface area contributed by atoms with E-state index in [9.17, 15) is 38.3 Å². The zero-order chi connectivity index (χ0) is 35.8. The third kappa shape index (κ3) is 9.23. The monoisotopic (exact) mass is 675 g/mol. The van der Waals surface area contributed by atoms with Gasteiger partial charge in [-0.15, -0.1) is 5.10 Å². The van der Waals surface area contributed by atoms with Crippen LogP contribution in [0.3, 0.4) is 0 Å². The van der Waals surface area contributed by atoms with E-state index in [4.69, 9.17) is 16.6 Å². The van der Waals surface area contributed by atoms with Crippen LogP contribution in [0.1, 0.15) is 35.2 Å². The zero-order valence-electron chi connectivity index (χ0n) is 26.2. The molecule has 0 aliphatic carbocycles. The number of fused-ring (bicyclic) bond motifs is 1. The average molecular weight is 676 g/mol. The van der Waals surface area contributed by atoms with Crippen molar-refractivity contribution in [2.75, 3.05) is 17.6 Å². The fraction of sp³-hybridized carbons (Fsp3) is 0.242. The molecule has 0 aliphatic heterocycles. The van der Waals surface area contributed by atoms with E-state index >= 15 is 0 Å². The molecule has 0 aliphatic rings. The van der Waals surface area contributed by atoms with Gasteiger partial charge in [0.15, 0.2) is 5.82 Å². The summed E-state index contributed by atoms with van der Waals surface area (Å²) in [5.74, 6) is -5.94. The second-order valence-corrected chi connectivity index (χ2v) is 11.2. The molecule has 3 amide bonds. The molecule has 15 nitrogen and oxygen atoms in total. The summed E-state index contributed by atoms with van der Waals surface area (Å²) in [6.07, 6.45) is -1.61. The summed E-state index contributed by atoms with van der Waals surface area (Å²) in [5.41, 5.74) is 15.2. The van der Waals surface area contributed by atoms with Crippen LogP contribution in [-0.4, -0.2) is 74.2 Å². The van der Waals surface area contributed by atoms with Gasteiger partial charge >= 0.3 is 11.9 Å². The number of carboxylic acids is 2. The number of nitrogens with one attached hydrogen (secondary N) is 3. The number of carbonyl (C=O) groups excluding carboxylic acids is 4. The summed E-state index contributed by atoms with van der Waals surface area (Å²) in [4.78, 5) is 72.4. The first kappa shape index (κ1) is 35.7. The Morgan fingerprint density at radius 2 is 1.69 bits per heavy atom. The number of hydrogen-bond donors (Lipinski definition) is 7. The lowest BCUT2D eigenvalue weighted by Gasteiger charge is -2.17. The highest BCUT2D eigenvalue weighted by atomic mass is 19.1. The predicted octanol–water partition coefficient (Wildman–Crippen LogP) is 1.82. The van der Waals surface area contributed by atoms with Crippen molar-refractivity contribution in [1.82, 2.24) is 20.4 Å². The molecule has 0 unspecified atom stereocenters. The fourth-order valence-corrected chi connectivity index (χ4v) is 5.00.